The molecule has 0 saturated carbocycles. The van der Waals surface area contributed by atoms with Crippen LogP contribution < -0.4 is 0 Å². The average Bonchev–Trinajstić information content (AvgIpc) is 1.60. The summed E-state index contributed by atoms with van der Waals surface area (Å²) in [5, 5.41) is 7.48. The summed E-state index contributed by atoms with van der Waals surface area (Å²) in [5.74, 6) is 0. The molecule has 0 aliphatic carbocycles. The Labute approximate surface area is 52.2 Å². The van der Waals surface area contributed by atoms with Crippen molar-refractivity contribution in [1.29, 1.82) is 0 Å². The lowest BCUT2D eigenvalue weighted by Crippen LogP contribution is -2.28. The molecule has 0 spiro atoms. The van der Waals surface area contributed by atoms with Gasteiger partial charge in [0, 0.05) is 0 Å². The van der Waals surface area contributed by atoms with Crippen LogP contribution in [0.15, 0.2) is 0 Å². The maximum absolute atomic E-state index is 11.4. The largest absolute Gasteiger partial charge is 0.508 e. The van der Waals surface area contributed by atoms with Gasteiger partial charge in [0.25, 0.3) is 0 Å². The van der Waals surface area contributed by atoms with E-state index in [9.17, 15) is 22.4 Å². The fourth-order valence-electron chi connectivity index (χ4n) is 0.155. The lowest BCUT2D eigenvalue weighted by atomic mass is 10.7. The summed E-state index contributed by atoms with van der Waals surface area (Å²) >= 11 is 0. The molecular weight excluding hydrogens is 160 g/mol. The summed E-state index contributed by atoms with van der Waals surface area (Å²) in [7, 11) is 0. The van der Waals surface area contributed by atoms with Gasteiger partial charge in [0.15, 0.2) is 0 Å². The van der Waals surface area contributed by atoms with Gasteiger partial charge in [-0.15, -0.1) is 0 Å². The lowest BCUT2D eigenvalue weighted by molar-refractivity contribution is -0.249. The normalized spacial score (nSPS) is 14.4. The van der Waals surface area contributed by atoms with Crippen LogP contribution in [0.5, 0.6) is 0 Å². The minimum absolute atomic E-state index is 2.30. The van der Waals surface area contributed by atoms with Crippen LogP contribution in [0.3, 0.4) is 0 Å². The van der Waals surface area contributed by atoms with Crippen molar-refractivity contribution >= 4 is 6.16 Å². The van der Waals surface area contributed by atoms with Crippen LogP contribution in [0.1, 0.15) is 0 Å². The fourth-order valence-corrected chi connectivity index (χ4v) is 0.155. The van der Waals surface area contributed by atoms with Crippen molar-refractivity contribution in [2.45, 2.75) is 12.5 Å². The number of rotatable bonds is 1. The first-order chi connectivity index (χ1) is 4.34. The van der Waals surface area contributed by atoms with Gasteiger partial charge in [0.2, 0.25) is 0 Å². The molecule has 0 heterocycles. The molecular formula is C3H2F4O3. The number of hydrogen-bond donors (Lipinski definition) is 1. The summed E-state index contributed by atoms with van der Waals surface area (Å²) in [6.45, 7) is 0. The van der Waals surface area contributed by atoms with E-state index in [4.69, 9.17) is 5.11 Å². The highest BCUT2D eigenvalue weighted by Gasteiger charge is 2.43. The highest BCUT2D eigenvalue weighted by atomic mass is 19.4. The molecule has 10 heavy (non-hydrogen) atoms. The Hall–Kier alpha value is -1.01. The summed E-state index contributed by atoms with van der Waals surface area (Å²) in [4.78, 5) is 9.29. The van der Waals surface area contributed by atoms with E-state index >= 15 is 0 Å². The van der Waals surface area contributed by atoms with E-state index in [-0.39, 0.29) is 0 Å². The Balaban J connectivity index is 3.85. The molecule has 1 unspecified atom stereocenters. The van der Waals surface area contributed by atoms with Gasteiger partial charge < -0.3 is 9.84 Å². The van der Waals surface area contributed by atoms with Gasteiger partial charge in [-0.25, -0.2) is 4.79 Å². The maximum atomic E-state index is 11.4. The summed E-state index contributed by atoms with van der Waals surface area (Å²) in [5.41, 5.74) is 0. The molecule has 7 heteroatoms. The van der Waals surface area contributed by atoms with Crippen LogP contribution in [-0.2, 0) is 4.74 Å². The van der Waals surface area contributed by atoms with E-state index in [1.165, 1.54) is 0 Å². The predicted octanol–water partition coefficient (Wildman–Crippen LogP) is 1.54. The molecule has 0 fully saturated rings. The van der Waals surface area contributed by atoms with Crippen LogP contribution in [0.4, 0.5) is 22.4 Å². The van der Waals surface area contributed by atoms with Gasteiger partial charge >= 0.3 is 18.7 Å². The van der Waals surface area contributed by atoms with E-state index in [1.54, 1.807) is 0 Å². The van der Waals surface area contributed by atoms with Gasteiger partial charge in [0.1, 0.15) is 0 Å². The molecule has 0 aromatic carbocycles. The Morgan fingerprint density at radius 3 is 2.00 bits per heavy atom. The monoisotopic (exact) mass is 162 g/mol. The van der Waals surface area contributed by atoms with E-state index in [1.807, 2.05) is 0 Å². The van der Waals surface area contributed by atoms with Crippen LogP contribution in [0.2, 0.25) is 0 Å². The minimum atomic E-state index is -5.28. The highest BCUT2D eigenvalue weighted by Crippen LogP contribution is 2.23. The minimum Gasteiger partial charge on any atom is -0.450 e. The van der Waals surface area contributed by atoms with Crippen molar-refractivity contribution in [2.24, 2.45) is 0 Å². The third-order valence-corrected chi connectivity index (χ3v) is 0.462. The summed E-state index contributed by atoms with van der Waals surface area (Å²) in [6, 6.07) is 0. The molecule has 0 bridgehead atoms. The Kier molecular flexibility index (Phi) is 2.44. The van der Waals surface area contributed by atoms with Gasteiger partial charge in [-0.1, -0.05) is 0 Å². The molecule has 1 N–H and O–H groups in total. The topological polar surface area (TPSA) is 46.5 Å². The number of carbonyl (C=O) groups is 1. The van der Waals surface area contributed by atoms with E-state index < -0.39 is 18.7 Å². The zero-order chi connectivity index (χ0) is 8.36. The molecule has 0 amide bonds. The van der Waals surface area contributed by atoms with Gasteiger partial charge in [-0.3, -0.25) is 0 Å². The maximum Gasteiger partial charge on any atom is 0.508 e. The molecule has 3 nitrogen and oxygen atoms in total. The molecule has 0 saturated heterocycles. The van der Waals surface area contributed by atoms with E-state index in [0.29, 0.717) is 0 Å². The van der Waals surface area contributed by atoms with Gasteiger partial charge in [-0.05, 0) is 0 Å². The molecule has 1 atom stereocenters. The molecule has 60 valence electrons. The second-order valence-electron chi connectivity index (χ2n) is 1.24. The van der Waals surface area contributed by atoms with Crippen molar-refractivity contribution in [2.75, 3.05) is 0 Å². The van der Waals surface area contributed by atoms with Crippen LogP contribution in [0.25, 0.3) is 0 Å². The van der Waals surface area contributed by atoms with Crippen LogP contribution in [0, 0.1) is 0 Å². The Bertz CT molecular complexity index is 130. The predicted molar refractivity (Wildman–Crippen MR) is 20.1 cm³/mol. The SMILES string of the molecule is O=C(O)OC(F)C(F)(F)F. The van der Waals surface area contributed by atoms with Crippen molar-refractivity contribution < 1.29 is 32.2 Å². The molecule has 0 aliphatic heterocycles. The van der Waals surface area contributed by atoms with Crippen LogP contribution in [-0.4, -0.2) is 23.8 Å². The highest BCUT2D eigenvalue weighted by molar-refractivity contribution is 5.56. The molecule has 0 aromatic rings. The third-order valence-electron chi connectivity index (χ3n) is 0.462. The summed E-state index contributed by atoms with van der Waals surface area (Å²) in [6.07, 6.45) is -11.3. The van der Waals surface area contributed by atoms with Crippen molar-refractivity contribution in [1.82, 2.24) is 0 Å². The number of ether oxygens (including phenoxy) is 1. The van der Waals surface area contributed by atoms with E-state index in [2.05, 4.69) is 4.74 Å². The van der Waals surface area contributed by atoms with Crippen LogP contribution >= 0.6 is 0 Å². The van der Waals surface area contributed by atoms with Crippen molar-refractivity contribution in [3.8, 4) is 0 Å². The number of halogens is 4. The second-order valence-corrected chi connectivity index (χ2v) is 1.24. The first kappa shape index (κ1) is 8.99. The molecule has 0 aromatic heterocycles. The van der Waals surface area contributed by atoms with Gasteiger partial charge in [0.05, 0.1) is 0 Å². The first-order valence-corrected chi connectivity index (χ1v) is 1.94. The lowest BCUT2D eigenvalue weighted by Gasteiger charge is -2.09. The zero-order valence-electron chi connectivity index (χ0n) is 4.35. The van der Waals surface area contributed by atoms with Crippen molar-refractivity contribution in [3.63, 3.8) is 0 Å². The average molecular weight is 162 g/mol. The molecule has 0 radical (unpaired) electrons. The summed E-state index contributed by atoms with van der Waals surface area (Å²) < 4.78 is 47.3. The number of carboxylic acid groups (broad SMARTS) is 1. The quantitative estimate of drug-likeness (QED) is 0.469. The molecule has 0 rings (SSSR count). The van der Waals surface area contributed by atoms with E-state index in [0.717, 1.165) is 0 Å². The number of alkyl halides is 4. The van der Waals surface area contributed by atoms with Gasteiger partial charge in [-0.2, -0.15) is 17.6 Å². The first-order valence-electron chi connectivity index (χ1n) is 1.94. The standard InChI is InChI=1S/C3H2F4O3/c4-1(3(5,6)7)10-2(8)9/h1H,(H,8,9). The second kappa shape index (κ2) is 2.72. The van der Waals surface area contributed by atoms with Crippen molar-refractivity contribution in [3.05, 3.63) is 0 Å². The molecule has 0 aliphatic rings. The zero-order valence-corrected chi connectivity index (χ0v) is 4.35. The smallest absolute Gasteiger partial charge is 0.450 e. The Morgan fingerprint density at radius 1 is 1.50 bits per heavy atom. The third kappa shape index (κ3) is 3.10. The number of hydrogen-bond acceptors (Lipinski definition) is 2. The fraction of sp³-hybridized carbons (Fsp3) is 0.667. The Morgan fingerprint density at radius 2 is 1.90 bits per heavy atom.